The van der Waals surface area contributed by atoms with Gasteiger partial charge in [0, 0.05) is 20.0 Å². The van der Waals surface area contributed by atoms with Gasteiger partial charge in [0.25, 0.3) is 0 Å². The minimum atomic E-state index is -0.423. The van der Waals surface area contributed by atoms with Gasteiger partial charge in [-0.2, -0.15) is 0 Å². The van der Waals surface area contributed by atoms with E-state index >= 15 is 0 Å². The predicted octanol–water partition coefficient (Wildman–Crippen LogP) is 3.62. The van der Waals surface area contributed by atoms with Crippen molar-refractivity contribution in [3.8, 4) is 0 Å². The van der Waals surface area contributed by atoms with Crippen molar-refractivity contribution in [2.24, 2.45) is 5.92 Å². The average Bonchev–Trinajstić information content (AvgIpc) is 2.69. The van der Waals surface area contributed by atoms with Gasteiger partial charge in [-0.05, 0) is 48.6 Å². The van der Waals surface area contributed by atoms with E-state index in [0.29, 0.717) is 37.8 Å². The van der Waals surface area contributed by atoms with E-state index in [9.17, 15) is 18.4 Å². The van der Waals surface area contributed by atoms with Gasteiger partial charge in [-0.3, -0.25) is 9.59 Å². The Hall–Kier alpha value is -2.76. The van der Waals surface area contributed by atoms with Crippen LogP contribution in [0.5, 0.6) is 0 Å². The van der Waals surface area contributed by atoms with Crippen molar-refractivity contribution in [3.05, 3.63) is 71.3 Å². The third kappa shape index (κ3) is 4.55. The number of hydrogen-bond acceptors (Lipinski definition) is 2. The molecular weight excluding hydrogens is 362 g/mol. The van der Waals surface area contributed by atoms with Crippen LogP contribution in [0.2, 0.25) is 0 Å². The fraction of sp³-hybridized carbons (Fsp3) is 0.364. The van der Waals surface area contributed by atoms with Crippen LogP contribution in [0, 0.1) is 17.6 Å². The maximum atomic E-state index is 13.7. The lowest BCUT2D eigenvalue weighted by molar-refractivity contribution is -0.141. The predicted molar refractivity (Wildman–Crippen MR) is 102 cm³/mol. The molecule has 2 aromatic carbocycles. The van der Waals surface area contributed by atoms with E-state index in [1.807, 2.05) is 0 Å². The second-order valence-corrected chi connectivity index (χ2v) is 7.13. The van der Waals surface area contributed by atoms with Crippen LogP contribution in [-0.2, 0) is 16.0 Å². The number of halogens is 2. The van der Waals surface area contributed by atoms with Gasteiger partial charge in [-0.25, -0.2) is 8.78 Å². The van der Waals surface area contributed by atoms with Gasteiger partial charge in [0.1, 0.15) is 11.6 Å². The van der Waals surface area contributed by atoms with E-state index in [1.54, 1.807) is 42.3 Å². The van der Waals surface area contributed by atoms with Crippen molar-refractivity contribution in [2.45, 2.75) is 31.7 Å². The van der Waals surface area contributed by atoms with Gasteiger partial charge in [0.2, 0.25) is 11.8 Å². The van der Waals surface area contributed by atoms with E-state index in [4.69, 9.17) is 0 Å². The lowest BCUT2D eigenvalue weighted by atomic mass is 9.84. The number of hydrogen-bond donors (Lipinski definition) is 1. The maximum absolute atomic E-state index is 13.7. The van der Waals surface area contributed by atoms with Crippen LogP contribution in [0.1, 0.15) is 36.4 Å². The summed E-state index contributed by atoms with van der Waals surface area (Å²) in [5.41, 5.74) is 1.37. The summed E-state index contributed by atoms with van der Waals surface area (Å²) in [6.45, 7) is 0.428. The molecule has 1 saturated heterocycles. The highest BCUT2D eigenvalue weighted by Crippen LogP contribution is 2.35. The lowest BCUT2D eigenvalue weighted by Gasteiger charge is -2.38. The molecule has 1 aliphatic rings. The number of likely N-dealkylation sites (tertiary alicyclic amines) is 1. The SMILES string of the molecule is CN1C(=O)CCC(C(=O)NCCCc2ccccc2F)C1c1ccc(F)cc1. The minimum Gasteiger partial charge on any atom is -0.356 e. The Morgan fingerprint density at radius 2 is 1.86 bits per heavy atom. The topological polar surface area (TPSA) is 49.4 Å². The average molecular weight is 386 g/mol. The second kappa shape index (κ2) is 8.95. The van der Waals surface area contributed by atoms with E-state index < -0.39 is 12.0 Å². The number of piperidine rings is 1. The zero-order valence-electron chi connectivity index (χ0n) is 15.8. The molecule has 28 heavy (non-hydrogen) atoms. The summed E-state index contributed by atoms with van der Waals surface area (Å²) in [5, 5.41) is 2.92. The second-order valence-electron chi connectivity index (χ2n) is 7.13. The highest BCUT2D eigenvalue weighted by atomic mass is 19.1. The van der Waals surface area contributed by atoms with Crippen molar-refractivity contribution in [1.82, 2.24) is 10.2 Å². The molecule has 0 aliphatic carbocycles. The summed E-state index contributed by atoms with van der Waals surface area (Å²) >= 11 is 0. The van der Waals surface area contributed by atoms with Crippen molar-refractivity contribution >= 4 is 11.8 Å². The van der Waals surface area contributed by atoms with Crippen molar-refractivity contribution in [3.63, 3.8) is 0 Å². The van der Waals surface area contributed by atoms with Crippen LogP contribution in [-0.4, -0.2) is 30.3 Å². The third-order valence-corrected chi connectivity index (χ3v) is 5.29. The zero-order chi connectivity index (χ0) is 20.1. The molecule has 2 amide bonds. The third-order valence-electron chi connectivity index (χ3n) is 5.29. The summed E-state index contributed by atoms with van der Waals surface area (Å²) in [6.07, 6.45) is 1.92. The molecule has 4 nitrogen and oxygen atoms in total. The standard InChI is InChI=1S/C22H24F2N2O2/c1-26-20(27)13-12-18(21(26)16-8-10-17(23)11-9-16)22(28)25-14-4-6-15-5-2-3-7-19(15)24/h2-3,5,7-11,18,21H,4,6,12-14H2,1H3,(H,25,28). The Kier molecular flexibility index (Phi) is 6.39. The first kappa shape index (κ1) is 20.0. The molecule has 0 saturated carbocycles. The number of benzene rings is 2. The summed E-state index contributed by atoms with van der Waals surface area (Å²) in [6, 6.07) is 12.1. The van der Waals surface area contributed by atoms with E-state index in [1.165, 1.54) is 18.2 Å². The maximum Gasteiger partial charge on any atom is 0.225 e. The molecule has 3 rings (SSSR count). The van der Waals surface area contributed by atoms with Crippen molar-refractivity contribution in [2.75, 3.05) is 13.6 Å². The molecule has 0 radical (unpaired) electrons. The largest absolute Gasteiger partial charge is 0.356 e. The number of carbonyl (C=O) groups is 2. The number of nitrogens with zero attached hydrogens (tertiary/aromatic N) is 1. The first-order chi connectivity index (χ1) is 13.5. The Morgan fingerprint density at radius 1 is 1.14 bits per heavy atom. The molecule has 6 heteroatoms. The van der Waals surface area contributed by atoms with Gasteiger partial charge < -0.3 is 10.2 Å². The van der Waals surface area contributed by atoms with E-state index in [2.05, 4.69) is 5.32 Å². The minimum absolute atomic E-state index is 0.0297. The Labute approximate surface area is 163 Å². The first-order valence-electron chi connectivity index (χ1n) is 9.49. The molecule has 1 heterocycles. The van der Waals surface area contributed by atoms with Crippen LogP contribution in [0.25, 0.3) is 0 Å². The molecule has 1 fully saturated rings. The van der Waals surface area contributed by atoms with Crippen molar-refractivity contribution < 1.29 is 18.4 Å². The normalized spacial score (nSPS) is 19.5. The number of rotatable bonds is 6. The Bertz CT molecular complexity index is 839. The lowest BCUT2D eigenvalue weighted by Crippen LogP contribution is -2.46. The first-order valence-corrected chi connectivity index (χ1v) is 9.49. The molecule has 2 aromatic rings. The summed E-state index contributed by atoms with van der Waals surface area (Å²) in [4.78, 5) is 26.5. The van der Waals surface area contributed by atoms with Gasteiger partial charge in [-0.1, -0.05) is 30.3 Å². The quantitative estimate of drug-likeness (QED) is 0.771. The van der Waals surface area contributed by atoms with Crippen LogP contribution in [0.15, 0.2) is 48.5 Å². The van der Waals surface area contributed by atoms with Gasteiger partial charge in [-0.15, -0.1) is 0 Å². The zero-order valence-corrected chi connectivity index (χ0v) is 15.8. The molecule has 2 atom stereocenters. The Balaban J connectivity index is 1.62. The fourth-order valence-corrected chi connectivity index (χ4v) is 3.75. The number of carbonyl (C=O) groups excluding carboxylic acids is 2. The smallest absolute Gasteiger partial charge is 0.225 e. The fourth-order valence-electron chi connectivity index (χ4n) is 3.75. The van der Waals surface area contributed by atoms with Crippen LogP contribution in [0.3, 0.4) is 0 Å². The van der Waals surface area contributed by atoms with Gasteiger partial charge in [0.15, 0.2) is 0 Å². The highest BCUT2D eigenvalue weighted by molar-refractivity contribution is 5.84. The molecule has 148 valence electrons. The van der Waals surface area contributed by atoms with Gasteiger partial charge >= 0.3 is 0 Å². The molecule has 0 bridgehead atoms. The molecule has 2 unspecified atom stereocenters. The summed E-state index contributed by atoms with van der Waals surface area (Å²) < 4.78 is 26.9. The molecule has 1 aliphatic heterocycles. The highest BCUT2D eigenvalue weighted by Gasteiger charge is 2.38. The molecule has 0 aromatic heterocycles. The molecule has 0 spiro atoms. The van der Waals surface area contributed by atoms with E-state index in [-0.39, 0.29) is 23.4 Å². The van der Waals surface area contributed by atoms with Crippen LogP contribution in [0.4, 0.5) is 8.78 Å². The monoisotopic (exact) mass is 386 g/mol. The van der Waals surface area contributed by atoms with Crippen LogP contribution < -0.4 is 5.32 Å². The number of nitrogens with one attached hydrogen (secondary N) is 1. The Morgan fingerprint density at radius 3 is 2.57 bits per heavy atom. The summed E-state index contributed by atoms with van der Waals surface area (Å²) in [5.74, 6) is -1.16. The number of aryl methyl sites for hydroxylation is 1. The molecule has 1 N–H and O–H groups in total. The van der Waals surface area contributed by atoms with Gasteiger partial charge in [0.05, 0.1) is 12.0 Å². The molecular formula is C22H24F2N2O2. The summed E-state index contributed by atoms with van der Waals surface area (Å²) in [7, 11) is 1.67. The van der Waals surface area contributed by atoms with Crippen LogP contribution >= 0.6 is 0 Å². The van der Waals surface area contributed by atoms with E-state index in [0.717, 1.165) is 5.56 Å². The number of amides is 2. The van der Waals surface area contributed by atoms with Crippen molar-refractivity contribution in [1.29, 1.82) is 0 Å².